The van der Waals surface area contributed by atoms with Crippen molar-refractivity contribution in [3.63, 3.8) is 0 Å². The number of ether oxygens (including phenoxy) is 1. The summed E-state index contributed by atoms with van der Waals surface area (Å²) >= 11 is 0. The molecule has 0 amide bonds. The average Bonchev–Trinajstić information content (AvgIpc) is 2.66. The second kappa shape index (κ2) is 7.61. The molecule has 0 aliphatic heterocycles. The lowest BCUT2D eigenvalue weighted by Gasteiger charge is -2.14. The third kappa shape index (κ3) is 4.53. The van der Waals surface area contributed by atoms with Crippen LogP contribution < -0.4 is 4.74 Å². The Morgan fingerprint density at radius 1 is 1.04 bits per heavy atom. The van der Waals surface area contributed by atoms with Gasteiger partial charge in [-0.15, -0.1) is 0 Å². The fourth-order valence-corrected chi connectivity index (χ4v) is 2.56. The fourth-order valence-electron chi connectivity index (χ4n) is 2.56. The minimum atomic E-state index is -4.51. The Kier molecular flexibility index (Phi) is 5.26. The molecule has 3 nitrogen and oxygen atoms in total. The van der Waals surface area contributed by atoms with E-state index in [1.807, 2.05) is 30.3 Å². The number of ketones is 1. The number of hydrogen-bond acceptors (Lipinski definition) is 3. The molecule has 3 rings (SSSR count). The van der Waals surface area contributed by atoms with Crippen molar-refractivity contribution in [2.75, 3.05) is 0 Å². The van der Waals surface area contributed by atoms with Crippen molar-refractivity contribution in [3.05, 3.63) is 83.7 Å². The van der Waals surface area contributed by atoms with E-state index >= 15 is 0 Å². The lowest BCUT2D eigenvalue weighted by molar-refractivity contribution is -0.141. The zero-order valence-corrected chi connectivity index (χ0v) is 14.5. The quantitative estimate of drug-likeness (QED) is 0.552. The molecule has 0 atom stereocenters. The minimum Gasteiger partial charge on any atom is -0.488 e. The Hall–Kier alpha value is -3.15. The van der Waals surface area contributed by atoms with Crippen LogP contribution in [0.2, 0.25) is 0 Å². The molecule has 0 aliphatic rings. The maximum absolute atomic E-state index is 12.7. The number of Topliss-reactive ketones (excluding diaryl/α,β-unsaturated/α-hetero) is 1. The number of rotatable bonds is 5. The van der Waals surface area contributed by atoms with E-state index in [1.54, 1.807) is 18.2 Å². The number of hydrogen-bond donors (Lipinski definition) is 0. The Balaban J connectivity index is 1.95. The molecular formula is C21H16F3NO2. The molecule has 0 spiro atoms. The standard InChI is InChI=1S/C21H16F3NO2/c1-14(26)16-7-9-19(27-13-15-5-3-2-4-6-15)18(11-16)17-8-10-20(25-12-17)21(22,23)24/h2-12H,13H2,1H3. The highest BCUT2D eigenvalue weighted by atomic mass is 19.4. The Morgan fingerprint density at radius 2 is 1.78 bits per heavy atom. The molecule has 0 unspecified atom stereocenters. The van der Waals surface area contributed by atoms with E-state index in [1.165, 1.54) is 13.0 Å². The van der Waals surface area contributed by atoms with Crippen molar-refractivity contribution in [3.8, 4) is 16.9 Å². The molecule has 3 aromatic rings. The first kappa shape index (κ1) is 18.6. The molecule has 138 valence electrons. The van der Waals surface area contributed by atoms with Crippen molar-refractivity contribution in [2.24, 2.45) is 0 Å². The molecule has 0 bridgehead atoms. The Bertz CT molecular complexity index is 936. The largest absolute Gasteiger partial charge is 0.488 e. The molecule has 0 N–H and O–H groups in total. The average molecular weight is 371 g/mol. The van der Waals surface area contributed by atoms with E-state index in [0.717, 1.165) is 17.8 Å². The number of nitrogens with zero attached hydrogens (tertiary/aromatic N) is 1. The SMILES string of the molecule is CC(=O)c1ccc(OCc2ccccc2)c(-c2ccc(C(F)(F)F)nc2)c1. The number of carbonyl (C=O) groups excluding carboxylic acids is 1. The summed E-state index contributed by atoms with van der Waals surface area (Å²) in [5.41, 5.74) is 1.37. The van der Waals surface area contributed by atoms with E-state index < -0.39 is 11.9 Å². The van der Waals surface area contributed by atoms with Crippen LogP contribution in [0.5, 0.6) is 5.75 Å². The summed E-state index contributed by atoms with van der Waals surface area (Å²) in [6.45, 7) is 1.72. The molecule has 2 aromatic carbocycles. The van der Waals surface area contributed by atoms with Crippen LogP contribution in [-0.4, -0.2) is 10.8 Å². The smallest absolute Gasteiger partial charge is 0.433 e. The zero-order valence-electron chi connectivity index (χ0n) is 14.5. The van der Waals surface area contributed by atoms with Crippen molar-refractivity contribution >= 4 is 5.78 Å². The normalized spacial score (nSPS) is 11.3. The van der Waals surface area contributed by atoms with Crippen LogP contribution >= 0.6 is 0 Å². The van der Waals surface area contributed by atoms with Crippen LogP contribution in [-0.2, 0) is 12.8 Å². The van der Waals surface area contributed by atoms with Crippen LogP contribution in [0, 0.1) is 0 Å². The van der Waals surface area contributed by atoms with Gasteiger partial charge in [0.25, 0.3) is 0 Å². The number of carbonyl (C=O) groups is 1. The number of pyridine rings is 1. The Morgan fingerprint density at radius 3 is 2.37 bits per heavy atom. The van der Waals surface area contributed by atoms with Gasteiger partial charge in [-0.3, -0.25) is 9.78 Å². The van der Waals surface area contributed by atoms with Gasteiger partial charge in [-0.1, -0.05) is 36.4 Å². The predicted octanol–water partition coefficient (Wildman–Crippen LogP) is 5.55. The van der Waals surface area contributed by atoms with Gasteiger partial charge in [0.2, 0.25) is 0 Å². The van der Waals surface area contributed by atoms with E-state index in [-0.39, 0.29) is 5.78 Å². The Labute approximate surface area is 154 Å². The summed E-state index contributed by atoms with van der Waals surface area (Å²) in [6.07, 6.45) is -3.37. The number of benzene rings is 2. The molecule has 1 aromatic heterocycles. The first-order valence-corrected chi connectivity index (χ1v) is 8.20. The molecule has 0 fully saturated rings. The van der Waals surface area contributed by atoms with Crippen molar-refractivity contribution < 1.29 is 22.7 Å². The molecule has 0 aliphatic carbocycles. The predicted molar refractivity (Wildman–Crippen MR) is 95.5 cm³/mol. The van der Waals surface area contributed by atoms with Gasteiger partial charge in [0, 0.05) is 22.9 Å². The summed E-state index contributed by atoms with van der Waals surface area (Å²) in [6, 6.07) is 16.6. The van der Waals surface area contributed by atoms with Gasteiger partial charge in [-0.25, -0.2) is 0 Å². The molecule has 27 heavy (non-hydrogen) atoms. The summed E-state index contributed by atoms with van der Waals surface area (Å²) in [5.74, 6) is 0.316. The summed E-state index contributed by atoms with van der Waals surface area (Å²) in [7, 11) is 0. The molecule has 0 saturated carbocycles. The van der Waals surface area contributed by atoms with E-state index in [9.17, 15) is 18.0 Å². The topological polar surface area (TPSA) is 39.2 Å². The zero-order chi connectivity index (χ0) is 19.4. The lowest BCUT2D eigenvalue weighted by atomic mass is 10.0. The summed E-state index contributed by atoms with van der Waals surface area (Å²) < 4.78 is 44.1. The van der Waals surface area contributed by atoms with Crippen LogP contribution in [0.25, 0.3) is 11.1 Å². The number of aromatic nitrogens is 1. The van der Waals surface area contributed by atoms with Crippen LogP contribution in [0.4, 0.5) is 13.2 Å². The molecule has 0 saturated heterocycles. The highest BCUT2D eigenvalue weighted by molar-refractivity contribution is 5.96. The molecule has 0 radical (unpaired) electrons. The van der Waals surface area contributed by atoms with Gasteiger partial charge in [-0.05, 0) is 36.8 Å². The molecule has 6 heteroatoms. The maximum Gasteiger partial charge on any atom is 0.433 e. The summed E-state index contributed by atoms with van der Waals surface area (Å²) in [5, 5.41) is 0. The van der Waals surface area contributed by atoms with Gasteiger partial charge in [0.15, 0.2) is 5.78 Å². The second-order valence-electron chi connectivity index (χ2n) is 5.97. The van der Waals surface area contributed by atoms with Crippen LogP contribution in [0.1, 0.15) is 28.5 Å². The van der Waals surface area contributed by atoms with E-state index in [0.29, 0.717) is 29.0 Å². The first-order chi connectivity index (χ1) is 12.8. The number of halogens is 3. The van der Waals surface area contributed by atoms with Gasteiger partial charge >= 0.3 is 6.18 Å². The second-order valence-corrected chi connectivity index (χ2v) is 5.97. The highest BCUT2D eigenvalue weighted by Crippen LogP contribution is 2.34. The van der Waals surface area contributed by atoms with Crippen molar-refractivity contribution in [1.29, 1.82) is 0 Å². The number of alkyl halides is 3. The van der Waals surface area contributed by atoms with Crippen LogP contribution in [0.15, 0.2) is 66.9 Å². The van der Waals surface area contributed by atoms with Gasteiger partial charge in [0.1, 0.15) is 18.1 Å². The highest BCUT2D eigenvalue weighted by Gasteiger charge is 2.32. The monoisotopic (exact) mass is 371 g/mol. The maximum atomic E-state index is 12.7. The third-order valence-corrected chi connectivity index (χ3v) is 3.99. The van der Waals surface area contributed by atoms with Crippen molar-refractivity contribution in [1.82, 2.24) is 4.98 Å². The van der Waals surface area contributed by atoms with E-state index in [2.05, 4.69) is 4.98 Å². The van der Waals surface area contributed by atoms with Crippen molar-refractivity contribution in [2.45, 2.75) is 19.7 Å². The van der Waals surface area contributed by atoms with Crippen LogP contribution in [0.3, 0.4) is 0 Å². The summed E-state index contributed by atoms with van der Waals surface area (Å²) in [4.78, 5) is 15.2. The van der Waals surface area contributed by atoms with Gasteiger partial charge < -0.3 is 4.74 Å². The fraction of sp³-hybridized carbons (Fsp3) is 0.143. The van der Waals surface area contributed by atoms with E-state index in [4.69, 9.17) is 4.74 Å². The minimum absolute atomic E-state index is 0.147. The molecular weight excluding hydrogens is 355 g/mol. The van der Waals surface area contributed by atoms with Gasteiger partial charge in [0.05, 0.1) is 0 Å². The van der Waals surface area contributed by atoms with Gasteiger partial charge in [-0.2, -0.15) is 13.2 Å². The first-order valence-electron chi connectivity index (χ1n) is 8.20. The lowest BCUT2D eigenvalue weighted by Crippen LogP contribution is -2.07. The molecule has 1 heterocycles. The third-order valence-electron chi connectivity index (χ3n) is 3.99.